The van der Waals surface area contributed by atoms with Crippen LogP contribution in [0.2, 0.25) is 13.3 Å². The Morgan fingerprint density at radius 2 is 1.45 bits per heavy atom. The fourth-order valence-corrected chi connectivity index (χ4v) is 18.2. The Kier molecular flexibility index (Phi) is 8.37. The van der Waals surface area contributed by atoms with Crippen molar-refractivity contribution in [2.45, 2.75) is 72.6 Å². The SMILES string of the molecule is CCC[CH2][Sn]([CH2]CCC)([CH2]CCC)[c]1ccc(C#N)o1. The van der Waals surface area contributed by atoms with E-state index in [9.17, 15) is 0 Å². The van der Waals surface area contributed by atoms with Crippen LogP contribution in [0.5, 0.6) is 0 Å². The summed E-state index contributed by atoms with van der Waals surface area (Å²) >= 11 is -2.42. The molecule has 0 saturated carbocycles. The van der Waals surface area contributed by atoms with Crippen LogP contribution in [-0.4, -0.2) is 18.4 Å². The first kappa shape index (κ1) is 17.6. The summed E-state index contributed by atoms with van der Waals surface area (Å²) in [5.41, 5.74) is 0. The van der Waals surface area contributed by atoms with E-state index in [0.29, 0.717) is 5.76 Å². The molecular formula is C17H29NOSn. The molecule has 0 bridgehead atoms. The van der Waals surface area contributed by atoms with Gasteiger partial charge in [0.25, 0.3) is 0 Å². The predicted molar refractivity (Wildman–Crippen MR) is 88.0 cm³/mol. The van der Waals surface area contributed by atoms with Gasteiger partial charge in [-0.1, -0.05) is 0 Å². The molecule has 20 heavy (non-hydrogen) atoms. The van der Waals surface area contributed by atoms with E-state index in [0.717, 1.165) is 0 Å². The van der Waals surface area contributed by atoms with Crippen molar-refractivity contribution in [2.75, 3.05) is 0 Å². The van der Waals surface area contributed by atoms with Gasteiger partial charge in [0, 0.05) is 0 Å². The molecule has 3 heteroatoms. The van der Waals surface area contributed by atoms with Crippen molar-refractivity contribution in [1.82, 2.24) is 0 Å². The maximum absolute atomic E-state index is 9.02. The molecule has 0 fully saturated rings. The summed E-state index contributed by atoms with van der Waals surface area (Å²) in [7, 11) is 0. The van der Waals surface area contributed by atoms with Gasteiger partial charge < -0.3 is 0 Å². The molecule has 2 nitrogen and oxygen atoms in total. The number of hydrogen-bond donors (Lipinski definition) is 0. The number of unbranched alkanes of at least 4 members (excludes halogenated alkanes) is 3. The van der Waals surface area contributed by atoms with Crippen molar-refractivity contribution in [3.63, 3.8) is 0 Å². The number of nitriles is 1. The van der Waals surface area contributed by atoms with Crippen LogP contribution in [0.15, 0.2) is 16.5 Å². The predicted octanol–water partition coefficient (Wildman–Crippen LogP) is 5.21. The molecule has 0 aliphatic carbocycles. The second kappa shape index (κ2) is 9.50. The van der Waals surface area contributed by atoms with E-state index in [4.69, 9.17) is 9.68 Å². The van der Waals surface area contributed by atoms with E-state index in [1.54, 1.807) is 0 Å². The molecule has 112 valence electrons. The van der Waals surface area contributed by atoms with E-state index in [1.807, 2.05) is 6.07 Å². The van der Waals surface area contributed by atoms with Crippen LogP contribution in [0.3, 0.4) is 0 Å². The molecule has 0 N–H and O–H groups in total. The standard InChI is InChI=1S/C5H2NO.3C4H9.Sn/c6-4-5-2-1-3-7-5;3*1-3-4-2;/h1-2H;3*1,3-4H2,2H3;. The Morgan fingerprint density at radius 3 is 1.80 bits per heavy atom. The van der Waals surface area contributed by atoms with Crippen molar-refractivity contribution in [3.8, 4) is 6.07 Å². The molecule has 0 radical (unpaired) electrons. The second-order valence-corrected chi connectivity index (χ2v) is 18.9. The van der Waals surface area contributed by atoms with E-state index in [1.165, 1.54) is 55.6 Å². The summed E-state index contributed by atoms with van der Waals surface area (Å²) in [5, 5.41) is 9.02. The number of furan rings is 1. The molecule has 0 atom stereocenters. The molecule has 0 amide bonds. The van der Waals surface area contributed by atoms with Gasteiger partial charge in [-0.15, -0.1) is 0 Å². The summed E-state index contributed by atoms with van der Waals surface area (Å²) in [6.07, 6.45) is 7.78. The minimum atomic E-state index is -2.42. The zero-order valence-corrected chi connectivity index (χ0v) is 16.2. The molecule has 0 saturated heterocycles. The number of nitrogens with zero attached hydrogens (tertiary/aromatic N) is 1. The van der Waals surface area contributed by atoms with Crippen molar-refractivity contribution >= 4 is 22.2 Å². The molecule has 0 aliphatic heterocycles. The Bertz CT molecular complexity index is 397. The molecule has 1 aromatic rings. The van der Waals surface area contributed by atoms with Gasteiger partial charge in [0.1, 0.15) is 0 Å². The van der Waals surface area contributed by atoms with Gasteiger partial charge in [-0.25, -0.2) is 0 Å². The van der Waals surface area contributed by atoms with Crippen LogP contribution >= 0.6 is 0 Å². The van der Waals surface area contributed by atoms with Crippen LogP contribution in [-0.2, 0) is 0 Å². The van der Waals surface area contributed by atoms with Crippen molar-refractivity contribution in [1.29, 1.82) is 5.26 Å². The number of hydrogen-bond acceptors (Lipinski definition) is 2. The van der Waals surface area contributed by atoms with Crippen LogP contribution in [0, 0.1) is 11.3 Å². The Balaban J connectivity index is 3.01. The van der Waals surface area contributed by atoms with Crippen LogP contribution < -0.4 is 3.78 Å². The molecule has 0 spiro atoms. The molecular weight excluding hydrogens is 353 g/mol. The average Bonchev–Trinajstić information content (AvgIpc) is 2.96. The third-order valence-corrected chi connectivity index (χ3v) is 19.2. The van der Waals surface area contributed by atoms with E-state index in [2.05, 4.69) is 32.9 Å². The second-order valence-electron chi connectivity index (χ2n) is 5.87. The maximum atomic E-state index is 9.02. The van der Waals surface area contributed by atoms with E-state index >= 15 is 0 Å². The molecule has 1 aromatic heterocycles. The third kappa shape index (κ3) is 4.84. The summed E-state index contributed by atoms with van der Waals surface area (Å²) in [6.45, 7) is 6.83. The quantitative estimate of drug-likeness (QED) is 0.521. The Labute approximate surface area is 128 Å². The minimum absolute atomic E-state index is 0.505. The van der Waals surface area contributed by atoms with Gasteiger partial charge in [-0.05, 0) is 0 Å². The molecule has 0 unspecified atom stereocenters. The summed E-state index contributed by atoms with van der Waals surface area (Å²) in [5.74, 6) is 0.505. The fraction of sp³-hybridized carbons (Fsp3) is 0.706. The molecule has 1 heterocycles. The average molecular weight is 382 g/mol. The summed E-state index contributed by atoms with van der Waals surface area (Å²) in [6, 6.07) is 6.17. The number of rotatable bonds is 10. The molecule has 0 aliphatic rings. The Hall–Kier alpha value is -0.431. The van der Waals surface area contributed by atoms with Crippen LogP contribution in [0.1, 0.15) is 65.1 Å². The van der Waals surface area contributed by atoms with Gasteiger partial charge in [0.05, 0.1) is 0 Å². The van der Waals surface area contributed by atoms with Crippen LogP contribution in [0.4, 0.5) is 0 Å². The fourth-order valence-electron chi connectivity index (χ4n) is 2.97. The van der Waals surface area contributed by atoms with Gasteiger partial charge >= 0.3 is 128 Å². The molecule has 0 aromatic carbocycles. The normalized spacial score (nSPS) is 11.5. The zero-order chi connectivity index (χ0) is 14.8. The summed E-state index contributed by atoms with van der Waals surface area (Å²) in [4.78, 5) is 0. The van der Waals surface area contributed by atoms with E-state index < -0.39 is 18.4 Å². The van der Waals surface area contributed by atoms with Gasteiger partial charge in [-0.2, -0.15) is 0 Å². The first-order valence-electron chi connectivity index (χ1n) is 8.22. The van der Waals surface area contributed by atoms with Crippen molar-refractivity contribution in [2.24, 2.45) is 0 Å². The zero-order valence-electron chi connectivity index (χ0n) is 13.4. The van der Waals surface area contributed by atoms with Crippen molar-refractivity contribution in [3.05, 3.63) is 17.9 Å². The van der Waals surface area contributed by atoms with E-state index in [-0.39, 0.29) is 0 Å². The van der Waals surface area contributed by atoms with Gasteiger partial charge in [0.2, 0.25) is 0 Å². The van der Waals surface area contributed by atoms with Gasteiger partial charge in [0.15, 0.2) is 0 Å². The topological polar surface area (TPSA) is 36.9 Å². The first-order chi connectivity index (χ1) is 9.72. The Morgan fingerprint density at radius 1 is 0.950 bits per heavy atom. The monoisotopic (exact) mass is 383 g/mol. The van der Waals surface area contributed by atoms with Gasteiger partial charge in [-0.3, -0.25) is 0 Å². The van der Waals surface area contributed by atoms with Crippen molar-refractivity contribution < 1.29 is 4.42 Å². The third-order valence-electron chi connectivity index (χ3n) is 4.27. The van der Waals surface area contributed by atoms with Crippen LogP contribution in [0.25, 0.3) is 0 Å². The molecule has 1 rings (SSSR count). The summed E-state index contributed by atoms with van der Waals surface area (Å²) < 4.78 is 11.4. The first-order valence-corrected chi connectivity index (χ1v) is 15.7.